The van der Waals surface area contributed by atoms with E-state index in [0.29, 0.717) is 6.10 Å². The van der Waals surface area contributed by atoms with Crippen molar-refractivity contribution in [2.45, 2.75) is 20.0 Å². The zero-order valence-electron chi connectivity index (χ0n) is 6.85. The average molecular weight is 147 g/mol. The first-order chi connectivity index (χ1) is 5.29. The molecule has 1 unspecified atom stereocenters. The molecular weight excluding hydrogens is 136 g/mol. The molecule has 2 rings (SSSR count). The van der Waals surface area contributed by atoms with E-state index < -0.39 is 0 Å². The molecule has 57 valence electrons. The predicted molar refractivity (Wildman–Crippen MR) is 43.4 cm³/mol. The number of hydrogen-bond acceptors (Lipinski definition) is 1. The number of ether oxygens (including phenoxy) is 1. The Morgan fingerprint density at radius 3 is 2.91 bits per heavy atom. The number of benzene rings is 1. The van der Waals surface area contributed by atoms with Gasteiger partial charge in [0.25, 0.3) is 0 Å². The summed E-state index contributed by atoms with van der Waals surface area (Å²) in [6.07, 6.45) is 0.378. The SMILES string of the molecule is Cc1[c]ccc(C2CO2)c1C. The molecule has 1 saturated heterocycles. The van der Waals surface area contributed by atoms with Crippen molar-refractivity contribution in [2.24, 2.45) is 0 Å². The van der Waals surface area contributed by atoms with Crippen LogP contribution < -0.4 is 0 Å². The fourth-order valence-electron chi connectivity index (χ4n) is 1.28. The molecule has 1 nitrogen and oxygen atoms in total. The predicted octanol–water partition coefficient (Wildman–Crippen LogP) is 2.17. The first kappa shape index (κ1) is 6.86. The molecule has 1 heteroatoms. The summed E-state index contributed by atoms with van der Waals surface area (Å²) in [6, 6.07) is 7.24. The molecule has 1 aliphatic rings. The maximum Gasteiger partial charge on any atom is 0.106 e. The highest BCUT2D eigenvalue weighted by Gasteiger charge is 2.26. The lowest BCUT2D eigenvalue weighted by Crippen LogP contribution is -1.89. The molecule has 0 spiro atoms. The molecule has 0 amide bonds. The molecule has 1 aliphatic heterocycles. The van der Waals surface area contributed by atoms with Gasteiger partial charge in [-0.05, 0) is 36.6 Å². The second kappa shape index (κ2) is 2.35. The van der Waals surface area contributed by atoms with Crippen LogP contribution in [0.5, 0.6) is 0 Å². The Bertz CT molecular complexity index is 274. The summed E-state index contributed by atoms with van der Waals surface area (Å²) in [5.74, 6) is 0. The molecule has 0 aliphatic carbocycles. The third-order valence-corrected chi connectivity index (χ3v) is 2.24. The zero-order chi connectivity index (χ0) is 7.84. The van der Waals surface area contributed by atoms with Crippen molar-refractivity contribution in [2.75, 3.05) is 6.61 Å². The molecule has 0 bridgehead atoms. The van der Waals surface area contributed by atoms with Crippen molar-refractivity contribution in [3.05, 3.63) is 34.9 Å². The molecule has 1 atom stereocenters. The fraction of sp³-hybridized carbons (Fsp3) is 0.400. The Hall–Kier alpha value is -0.820. The van der Waals surface area contributed by atoms with Crippen LogP contribution in [-0.2, 0) is 4.74 Å². The van der Waals surface area contributed by atoms with Crippen molar-refractivity contribution in [1.82, 2.24) is 0 Å². The molecule has 1 radical (unpaired) electrons. The van der Waals surface area contributed by atoms with E-state index in [9.17, 15) is 0 Å². The molecule has 1 fully saturated rings. The average Bonchev–Trinajstić information content (AvgIpc) is 2.77. The van der Waals surface area contributed by atoms with Crippen LogP contribution in [0.2, 0.25) is 0 Å². The van der Waals surface area contributed by atoms with Crippen LogP contribution in [0, 0.1) is 19.9 Å². The maximum absolute atomic E-state index is 5.22. The van der Waals surface area contributed by atoms with Gasteiger partial charge in [0, 0.05) is 0 Å². The van der Waals surface area contributed by atoms with Gasteiger partial charge in [-0.3, -0.25) is 0 Å². The van der Waals surface area contributed by atoms with E-state index in [1.54, 1.807) is 0 Å². The van der Waals surface area contributed by atoms with E-state index in [-0.39, 0.29) is 0 Å². The molecule has 0 aromatic heterocycles. The monoisotopic (exact) mass is 147 g/mol. The van der Waals surface area contributed by atoms with E-state index >= 15 is 0 Å². The van der Waals surface area contributed by atoms with E-state index in [1.807, 2.05) is 6.07 Å². The molecular formula is C10H11O. The van der Waals surface area contributed by atoms with Crippen LogP contribution in [0.1, 0.15) is 22.8 Å². The van der Waals surface area contributed by atoms with Gasteiger partial charge in [-0.25, -0.2) is 0 Å². The molecule has 11 heavy (non-hydrogen) atoms. The number of aryl methyl sites for hydroxylation is 1. The topological polar surface area (TPSA) is 12.5 Å². The number of hydrogen-bond donors (Lipinski definition) is 0. The molecule has 0 N–H and O–H groups in total. The van der Waals surface area contributed by atoms with Gasteiger partial charge < -0.3 is 4.74 Å². The normalized spacial score (nSPS) is 21.8. The fourth-order valence-corrected chi connectivity index (χ4v) is 1.28. The van der Waals surface area contributed by atoms with E-state index in [4.69, 9.17) is 4.74 Å². The minimum Gasteiger partial charge on any atom is -0.368 e. The smallest absolute Gasteiger partial charge is 0.106 e. The minimum atomic E-state index is 0.378. The second-order valence-electron chi connectivity index (χ2n) is 3.00. The Morgan fingerprint density at radius 1 is 1.55 bits per heavy atom. The third-order valence-electron chi connectivity index (χ3n) is 2.24. The van der Waals surface area contributed by atoms with Gasteiger partial charge in [0.05, 0.1) is 6.61 Å². The summed E-state index contributed by atoms with van der Waals surface area (Å²) in [4.78, 5) is 0. The highest BCUT2D eigenvalue weighted by molar-refractivity contribution is 5.35. The summed E-state index contributed by atoms with van der Waals surface area (Å²) in [5, 5.41) is 0. The quantitative estimate of drug-likeness (QED) is 0.554. The first-order valence-corrected chi connectivity index (χ1v) is 3.88. The van der Waals surface area contributed by atoms with Gasteiger partial charge in [-0.15, -0.1) is 0 Å². The van der Waals surface area contributed by atoms with E-state index in [0.717, 1.165) is 6.61 Å². The zero-order valence-corrected chi connectivity index (χ0v) is 6.85. The van der Waals surface area contributed by atoms with Crippen molar-refractivity contribution in [1.29, 1.82) is 0 Å². The summed E-state index contributed by atoms with van der Waals surface area (Å²) in [5.41, 5.74) is 3.90. The second-order valence-corrected chi connectivity index (χ2v) is 3.00. The molecule has 1 heterocycles. The Kier molecular flexibility index (Phi) is 1.46. The van der Waals surface area contributed by atoms with Crippen LogP contribution in [0.15, 0.2) is 12.1 Å². The van der Waals surface area contributed by atoms with Gasteiger partial charge >= 0.3 is 0 Å². The van der Waals surface area contributed by atoms with Crippen LogP contribution in [0.25, 0.3) is 0 Å². The van der Waals surface area contributed by atoms with Gasteiger partial charge in [0.2, 0.25) is 0 Å². The summed E-state index contributed by atoms with van der Waals surface area (Å²) in [6.45, 7) is 5.11. The minimum absolute atomic E-state index is 0.378. The van der Waals surface area contributed by atoms with Gasteiger partial charge in [0.1, 0.15) is 6.10 Å². The maximum atomic E-state index is 5.22. The number of epoxide rings is 1. The largest absolute Gasteiger partial charge is 0.368 e. The van der Waals surface area contributed by atoms with Crippen molar-refractivity contribution >= 4 is 0 Å². The first-order valence-electron chi connectivity index (χ1n) is 3.88. The molecule has 1 aromatic carbocycles. The Morgan fingerprint density at radius 2 is 2.27 bits per heavy atom. The van der Waals surface area contributed by atoms with Gasteiger partial charge in [-0.2, -0.15) is 0 Å². The lowest BCUT2D eigenvalue weighted by Gasteiger charge is -2.03. The van der Waals surface area contributed by atoms with Crippen LogP contribution in [0.3, 0.4) is 0 Å². The van der Waals surface area contributed by atoms with Gasteiger partial charge in [-0.1, -0.05) is 12.1 Å². The van der Waals surface area contributed by atoms with Crippen LogP contribution in [-0.4, -0.2) is 6.61 Å². The lowest BCUT2D eigenvalue weighted by molar-refractivity contribution is 0.415. The van der Waals surface area contributed by atoms with E-state index in [2.05, 4.69) is 26.0 Å². The third kappa shape index (κ3) is 1.16. The van der Waals surface area contributed by atoms with E-state index in [1.165, 1.54) is 16.7 Å². The molecule has 1 aromatic rings. The Balaban J connectivity index is 2.45. The molecule has 0 saturated carbocycles. The Labute approximate surface area is 67.0 Å². The summed E-state index contributed by atoms with van der Waals surface area (Å²) < 4.78 is 5.22. The standard InChI is InChI=1S/C10H11O/c1-7-4-3-5-9(8(7)2)10-6-11-10/h3,5,10H,6H2,1-2H3. The lowest BCUT2D eigenvalue weighted by atomic mass is 10.0. The van der Waals surface area contributed by atoms with Crippen molar-refractivity contribution in [3.8, 4) is 0 Å². The number of rotatable bonds is 1. The summed E-state index contributed by atoms with van der Waals surface area (Å²) in [7, 11) is 0. The van der Waals surface area contributed by atoms with Gasteiger partial charge in [0.15, 0.2) is 0 Å². The van der Waals surface area contributed by atoms with Crippen LogP contribution in [0.4, 0.5) is 0 Å². The highest BCUT2D eigenvalue weighted by atomic mass is 16.6. The van der Waals surface area contributed by atoms with Crippen LogP contribution >= 0.6 is 0 Å². The van der Waals surface area contributed by atoms with Crippen molar-refractivity contribution in [3.63, 3.8) is 0 Å². The van der Waals surface area contributed by atoms with Crippen molar-refractivity contribution < 1.29 is 4.74 Å². The summed E-state index contributed by atoms with van der Waals surface area (Å²) >= 11 is 0. The highest BCUT2D eigenvalue weighted by Crippen LogP contribution is 2.32.